The van der Waals surface area contributed by atoms with Gasteiger partial charge in [0.05, 0.1) is 0 Å². The number of aliphatic carboxylic acids is 1. The number of carbonyl (C=O) groups excluding carboxylic acids is 1. The fourth-order valence-electron chi connectivity index (χ4n) is 2.34. The Morgan fingerprint density at radius 2 is 1.94 bits per heavy atom. The van der Waals surface area contributed by atoms with Crippen molar-refractivity contribution in [1.29, 1.82) is 0 Å². The Bertz CT molecular complexity index is 282. The molecule has 0 radical (unpaired) electrons. The summed E-state index contributed by atoms with van der Waals surface area (Å²) in [5.41, 5.74) is 0. The number of carbonyl (C=O) groups is 2. The highest BCUT2D eigenvalue weighted by Gasteiger charge is 2.25. The van der Waals surface area contributed by atoms with Crippen molar-refractivity contribution in [3.63, 3.8) is 0 Å². The minimum atomic E-state index is -0.839. The molecule has 1 fully saturated rings. The lowest BCUT2D eigenvalue weighted by Crippen LogP contribution is -2.38. The Hall–Kier alpha value is -1.32. The van der Waals surface area contributed by atoms with Gasteiger partial charge in [-0.15, -0.1) is 6.58 Å². The van der Waals surface area contributed by atoms with Gasteiger partial charge in [0, 0.05) is 25.4 Å². The maximum atomic E-state index is 12.0. The van der Waals surface area contributed by atoms with E-state index in [4.69, 9.17) is 5.11 Å². The Kier molecular flexibility index (Phi) is 5.73. The zero-order valence-corrected chi connectivity index (χ0v) is 10.2. The second-order valence-corrected chi connectivity index (χ2v) is 4.52. The molecule has 0 aromatic carbocycles. The standard InChI is InChI=1S/C13H21NO3/c1-2-10-14(11-6-3-4-7-11)12(15)8-5-9-13(16)17/h2,11H,1,3-10H2,(H,16,17). The topological polar surface area (TPSA) is 57.6 Å². The number of hydrogen-bond donors (Lipinski definition) is 1. The summed E-state index contributed by atoms with van der Waals surface area (Å²) in [5, 5.41) is 8.54. The van der Waals surface area contributed by atoms with E-state index in [0.717, 1.165) is 12.8 Å². The van der Waals surface area contributed by atoms with Crippen molar-refractivity contribution < 1.29 is 14.7 Å². The lowest BCUT2D eigenvalue weighted by atomic mass is 10.1. The Morgan fingerprint density at radius 1 is 1.29 bits per heavy atom. The fourth-order valence-corrected chi connectivity index (χ4v) is 2.34. The van der Waals surface area contributed by atoms with Crippen LogP contribution in [0.25, 0.3) is 0 Å². The van der Waals surface area contributed by atoms with Crippen molar-refractivity contribution in [2.24, 2.45) is 0 Å². The van der Waals surface area contributed by atoms with Gasteiger partial charge in [-0.05, 0) is 19.3 Å². The van der Waals surface area contributed by atoms with Crippen molar-refractivity contribution in [2.45, 2.75) is 51.0 Å². The normalized spacial score (nSPS) is 15.8. The van der Waals surface area contributed by atoms with Crippen LogP contribution in [-0.2, 0) is 9.59 Å². The van der Waals surface area contributed by atoms with E-state index in [2.05, 4.69) is 6.58 Å². The minimum absolute atomic E-state index is 0.0676. The molecule has 4 heteroatoms. The molecule has 4 nitrogen and oxygen atoms in total. The summed E-state index contributed by atoms with van der Waals surface area (Å²) in [4.78, 5) is 24.2. The van der Waals surface area contributed by atoms with Gasteiger partial charge in [0.25, 0.3) is 0 Å². The number of hydrogen-bond acceptors (Lipinski definition) is 2. The molecule has 0 heterocycles. The summed E-state index contributed by atoms with van der Waals surface area (Å²) in [7, 11) is 0. The van der Waals surface area contributed by atoms with E-state index in [9.17, 15) is 9.59 Å². The summed E-state index contributed by atoms with van der Waals surface area (Å²) in [6, 6.07) is 0.338. The van der Waals surface area contributed by atoms with Gasteiger partial charge in [-0.3, -0.25) is 9.59 Å². The summed E-state index contributed by atoms with van der Waals surface area (Å²) < 4.78 is 0. The summed E-state index contributed by atoms with van der Waals surface area (Å²) in [6.45, 7) is 4.25. The molecular formula is C13H21NO3. The van der Waals surface area contributed by atoms with Crippen LogP contribution in [0, 0.1) is 0 Å². The van der Waals surface area contributed by atoms with Crippen LogP contribution in [0.5, 0.6) is 0 Å². The highest BCUT2D eigenvalue weighted by atomic mass is 16.4. The van der Waals surface area contributed by atoms with Crippen LogP contribution in [0.4, 0.5) is 0 Å². The van der Waals surface area contributed by atoms with E-state index in [1.165, 1.54) is 12.8 Å². The Morgan fingerprint density at radius 3 is 2.47 bits per heavy atom. The third-order valence-corrected chi connectivity index (χ3v) is 3.19. The van der Waals surface area contributed by atoms with Gasteiger partial charge >= 0.3 is 5.97 Å². The molecule has 0 spiro atoms. The van der Waals surface area contributed by atoms with Crippen LogP contribution < -0.4 is 0 Å². The third-order valence-electron chi connectivity index (χ3n) is 3.19. The average Bonchev–Trinajstić information content (AvgIpc) is 2.78. The summed E-state index contributed by atoms with van der Waals surface area (Å²) in [6.07, 6.45) is 7.06. The lowest BCUT2D eigenvalue weighted by molar-refractivity contribution is -0.137. The number of carboxylic acid groups (broad SMARTS) is 1. The second kappa shape index (κ2) is 7.09. The largest absolute Gasteiger partial charge is 0.481 e. The van der Waals surface area contributed by atoms with Crippen LogP contribution in [0.3, 0.4) is 0 Å². The van der Waals surface area contributed by atoms with Gasteiger partial charge in [-0.1, -0.05) is 18.9 Å². The lowest BCUT2D eigenvalue weighted by Gasteiger charge is -2.27. The van der Waals surface area contributed by atoms with Crippen molar-refractivity contribution in [1.82, 2.24) is 4.90 Å². The summed E-state index contributed by atoms with van der Waals surface area (Å²) in [5.74, 6) is -0.771. The minimum Gasteiger partial charge on any atom is -0.481 e. The number of carboxylic acids is 1. The molecule has 0 aromatic heterocycles. The SMILES string of the molecule is C=CCN(C(=O)CCCC(=O)O)C1CCCC1. The Labute approximate surface area is 102 Å². The zero-order chi connectivity index (χ0) is 12.7. The van der Waals surface area contributed by atoms with Crippen molar-refractivity contribution in [3.8, 4) is 0 Å². The maximum Gasteiger partial charge on any atom is 0.303 e. The predicted molar refractivity (Wildman–Crippen MR) is 65.7 cm³/mol. The molecular weight excluding hydrogens is 218 g/mol. The molecule has 1 amide bonds. The first-order chi connectivity index (χ1) is 8.15. The van der Waals surface area contributed by atoms with E-state index in [1.54, 1.807) is 6.08 Å². The van der Waals surface area contributed by atoms with Crippen molar-refractivity contribution in [3.05, 3.63) is 12.7 Å². The van der Waals surface area contributed by atoms with E-state index in [-0.39, 0.29) is 12.3 Å². The van der Waals surface area contributed by atoms with Crippen LogP contribution in [0.15, 0.2) is 12.7 Å². The number of rotatable bonds is 7. The van der Waals surface area contributed by atoms with Gasteiger partial charge in [0.1, 0.15) is 0 Å². The molecule has 1 aliphatic carbocycles. The monoisotopic (exact) mass is 239 g/mol. The van der Waals surface area contributed by atoms with E-state index in [1.807, 2.05) is 4.90 Å². The highest BCUT2D eigenvalue weighted by Crippen LogP contribution is 2.24. The second-order valence-electron chi connectivity index (χ2n) is 4.52. The molecule has 1 saturated carbocycles. The molecule has 0 saturated heterocycles. The van der Waals surface area contributed by atoms with Crippen LogP contribution in [-0.4, -0.2) is 34.5 Å². The van der Waals surface area contributed by atoms with Crippen LogP contribution >= 0.6 is 0 Å². The Balaban J connectivity index is 2.42. The van der Waals surface area contributed by atoms with Crippen molar-refractivity contribution >= 4 is 11.9 Å². The smallest absolute Gasteiger partial charge is 0.303 e. The summed E-state index contributed by atoms with van der Waals surface area (Å²) >= 11 is 0. The molecule has 1 N–H and O–H groups in total. The van der Waals surface area contributed by atoms with Crippen LogP contribution in [0.2, 0.25) is 0 Å². The van der Waals surface area contributed by atoms with Gasteiger partial charge in [0.2, 0.25) is 5.91 Å². The van der Waals surface area contributed by atoms with Gasteiger partial charge < -0.3 is 10.0 Å². The fraction of sp³-hybridized carbons (Fsp3) is 0.692. The first kappa shape index (κ1) is 13.7. The third kappa shape index (κ3) is 4.59. The van der Waals surface area contributed by atoms with E-state index >= 15 is 0 Å². The molecule has 1 rings (SSSR count). The first-order valence-electron chi connectivity index (χ1n) is 6.27. The van der Waals surface area contributed by atoms with Gasteiger partial charge in [0.15, 0.2) is 0 Å². The molecule has 1 aliphatic rings. The maximum absolute atomic E-state index is 12.0. The molecule has 0 aromatic rings. The highest BCUT2D eigenvalue weighted by molar-refractivity contribution is 5.77. The molecule has 96 valence electrons. The van der Waals surface area contributed by atoms with Gasteiger partial charge in [-0.25, -0.2) is 0 Å². The quantitative estimate of drug-likeness (QED) is 0.693. The predicted octanol–water partition coefficient (Wildman–Crippen LogP) is 2.20. The molecule has 0 unspecified atom stereocenters. The molecule has 0 atom stereocenters. The molecule has 0 bridgehead atoms. The van der Waals surface area contributed by atoms with E-state index < -0.39 is 5.97 Å². The molecule has 0 aliphatic heterocycles. The van der Waals surface area contributed by atoms with Crippen LogP contribution in [0.1, 0.15) is 44.9 Å². The number of amides is 1. The average molecular weight is 239 g/mol. The van der Waals surface area contributed by atoms with E-state index in [0.29, 0.717) is 25.4 Å². The van der Waals surface area contributed by atoms with Gasteiger partial charge in [-0.2, -0.15) is 0 Å². The molecule has 17 heavy (non-hydrogen) atoms. The van der Waals surface area contributed by atoms with Crippen molar-refractivity contribution in [2.75, 3.05) is 6.54 Å². The number of nitrogens with zero attached hydrogens (tertiary/aromatic N) is 1. The first-order valence-corrected chi connectivity index (χ1v) is 6.27. The zero-order valence-electron chi connectivity index (χ0n) is 10.2.